The Hall–Kier alpha value is -4.24. The van der Waals surface area contributed by atoms with Gasteiger partial charge in [0.2, 0.25) is 12.7 Å². The molecule has 1 amide bonds. The first-order chi connectivity index (χ1) is 16.2. The van der Waals surface area contributed by atoms with Gasteiger partial charge in [0.1, 0.15) is 16.1 Å². The van der Waals surface area contributed by atoms with E-state index in [0.29, 0.717) is 27.4 Å². The molecule has 0 aliphatic carbocycles. The number of aromatic nitrogens is 3. The van der Waals surface area contributed by atoms with Crippen LogP contribution in [0.3, 0.4) is 0 Å². The van der Waals surface area contributed by atoms with Gasteiger partial charge in [0.05, 0.1) is 17.5 Å². The highest BCUT2D eigenvalue weighted by atomic mass is 32.1. The van der Waals surface area contributed by atoms with Gasteiger partial charge in [-0.25, -0.2) is 9.97 Å². The van der Waals surface area contributed by atoms with E-state index in [1.165, 1.54) is 22.2 Å². The average Bonchev–Trinajstić information content (AvgIpc) is 3.45. The van der Waals surface area contributed by atoms with Gasteiger partial charge in [-0.3, -0.25) is 14.2 Å². The van der Waals surface area contributed by atoms with Crippen LogP contribution in [-0.2, 0) is 11.3 Å². The molecule has 0 fully saturated rings. The molecular weight excluding hydrogens is 440 g/mol. The average molecular weight is 456 g/mol. The Morgan fingerprint density at radius 1 is 1.06 bits per heavy atom. The number of hydrogen-bond acceptors (Lipinski definition) is 7. The number of nitrogens with zero attached hydrogens (tertiary/aromatic N) is 3. The van der Waals surface area contributed by atoms with Gasteiger partial charge in [0, 0.05) is 22.7 Å². The van der Waals surface area contributed by atoms with E-state index in [9.17, 15) is 9.59 Å². The Balaban J connectivity index is 1.29. The van der Waals surface area contributed by atoms with E-state index < -0.39 is 0 Å². The number of ether oxygens (including phenoxy) is 2. The maximum atomic E-state index is 13.1. The van der Waals surface area contributed by atoms with Crippen LogP contribution < -0.4 is 20.3 Å². The molecule has 0 bridgehead atoms. The molecule has 33 heavy (non-hydrogen) atoms. The van der Waals surface area contributed by atoms with Crippen LogP contribution in [0.5, 0.6) is 11.5 Å². The van der Waals surface area contributed by atoms with Gasteiger partial charge in [-0.15, -0.1) is 11.3 Å². The van der Waals surface area contributed by atoms with Crippen LogP contribution in [0.1, 0.15) is 0 Å². The van der Waals surface area contributed by atoms with Gasteiger partial charge in [-0.05, 0) is 24.3 Å². The summed E-state index contributed by atoms with van der Waals surface area (Å²) in [4.78, 5) is 35.6. The highest BCUT2D eigenvalue weighted by Crippen LogP contribution is 2.34. The molecule has 0 saturated carbocycles. The fourth-order valence-corrected chi connectivity index (χ4v) is 4.84. The third-order valence-electron chi connectivity index (χ3n) is 5.35. The fraction of sp³-hybridized carbons (Fsp3) is 0.0833. The second-order valence-electron chi connectivity index (χ2n) is 7.49. The number of carbonyl (C=O) groups is 1. The first-order valence-corrected chi connectivity index (χ1v) is 11.0. The van der Waals surface area contributed by atoms with E-state index in [-0.39, 0.29) is 24.8 Å². The van der Waals surface area contributed by atoms with Crippen molar-refractivity contribution in [1.82, 2.24) is 14.5 Å². The predicted molar refractivity (Wildman–Crippen MR) is 126 cm³/mol. The summed E-state index contributed by atoms with van der Waals surface area (Å²) >= 11 is 1.29. The predicted octanol–water partition coefficient (Wildman–Crippen LogP) is 4.04. The maximum absolute atomic E-state index is 13.1. The first-order valence-electron chi connectivity index (χ1n) is 10.2. The van der Waals surface area contributed by atoms with Gasteiger partial charge in [0.15, 0.2) is 11.5 Å². The zero-order valence-corrected chi connectivity index (χ0v) is 18.0. The molecule has 0 unspecified atom stereocenters. The lowest BCUT2D eigenvalue weighted by Crippen LogP contribution is -2.27. The molecule has 1 aliphatic rings. The highest BCUT2D eigenvalue weighted by Gasteiger charge is 2.17. The molecule has 3 aromatic heterocycles. The molecule has 0 spiro atoms. The number of pyridine rings is 1. The van der Waals surface area contributed by atoms with Gasteiger partial charge in [-0.2, -0.15) is 0 Å². The number of fused-ring (bicyclic) bond motifs is 4. The van der Waals surface area contributed by atoms with E-state index in [2.05, 4.69) is 10.3 Å². The highest BCUT2D eigenvalue weighted by molar-refractivity contribution is 7.25. The van der Waals surface area contributed by atoms with Crippen molar-refractivity contribution in [2.45, 2.75) is 6.54 Å². The van der Waals surface area contributed by atoms with E-state index in [0.717, 1.165) is 21.5 Å². The van der Waals surface area contributed by atoms with E-state index in [1.807, 2.05) is 42.5 Å². The fourth-order valence-electron chi connectivity index (χ4n) is 3.76. The third-order valence-corrected chi connectivity index (χ3v) is 6.43. The van der Waals surface area contributed by atoms with Crippen molar-refractivity contribution in [2.24, 2.45) is 0 Å². The largest absolute Gasteiger partial charge is 0.454 e. The van der Waals surface area contributed by atoms with Gasteiger partial charge in [-0.1, -0.05) is 30.3 Å². The maximum Gasteiger partial charge on any atom is 0.271 e. The summed E-state index contributed by atoms with van der Waals surface area (Å²) in [5, 5.41) is 3.60. The quantitative estimate of drug-likeness (QED) is 0.439. The van der Waals surface area contributed by atoms with E-state index in [1.54, 1.807) is 18.2 Å². The molecule has 1 aliphatic heterocycles. The van der Waals surface area contributed by atoms with Crippen LogP contribution >= 0.6 is 11.3 Å². The molecule has 162 valence electrons. The molecular formula is C24H16N4O4S. The minimum absolute atomic E-state index is 0.157. The Bertz CT molecular complexity index is 1590. The Kier molecular flexibility index (Phi) is 4.55. The first kappa shape index (κ1) is 19.4. The van der Waals surface area contributed by atoms with Gasteiger partial charge in [0.25, 0.3) is 5.56 Å². The summed E-state index contributed by atoms with van der Waals surface area (Å²) in [7, 11) is 0. The zero-order valence-electron chi connectivity index (χ0n) is 17.1. The number of amides is 1. The molecule has 0 atom stereocenters. The second kappa shape index (κ2) is 7.72. The molecule has 2 aromatic carbocycles. The van der Waals surface area contributed by atoms with Crippen LogP contribution in [-0.4, -0.2) is 27.2 Å². The number of rotatable bonds is 4. The Morgan fingerprint density at radius 2 is 1.91 bits per heavy atom. The molecule has 1 N–H and O–H groups in total. The summed E-state index contributed by atoms with van der Waals surface area (Å²) in [5.41, 5.74) is 2.72. The SMILES string of the molecule is O=C(Cn1cnc2c(sc3nc(-c4ccccc4)ccc32)c1=O)Nc1ccc2c(c1)OCO2. The Labute approximate surface area is 191 Å². The summed E-state index contributed by atoms with van der Waals surface area (Å²) in [5.74, 6) is 0.857. The van der Waals surface area contributed by atoms with Crippen molar-refractivity contribution in [3.63, 3.8) is 0 Å². The summed E-state index contributed by atoms with van der Waals surface area (Å²) in [6.45, 7) is -0.00215. The molecule has 0 saturated heterocycles. The normalized spacial score (nSPS) is 12.4. The van der Waals surface area contributed by atoms with Crippen LogP contribution in [0.15, 0.2) is 71.8 Å². The second-order valence-corrected chi connectivity index (χ2v) is 8.49. The summed E-state index contributed by atoms with van der Waals surface area (Å²) in [6.07, 6.45) is 1.40. The topological polar surface area (TPSA) is 95.3 Å². The number of carbonyl (C=O) groups excluding carboxylic acids is 1. The smallest absolute Gasteiger partial charge is 0.271 e. The van der Waals surface area contributed by atoms with Crippen LogP contribution in [0.25, 0.3) is 31.7 Å². The van der Waals surface area contributed by atoms with Crippen molar-refractivity contribution in [1.29, 1.82) is 0 Å². The number of hydrogen-bond donors (Lipinski definition) is 1. The summed E-state index contributed by atoms with van der Waals surface area (Å²) < 4.78 is 12.4. The minimum atomic E-state index is -0.345. The van der Waals surface area contributed by atoms with E-state index >= 15 is 0 Å². The van der Waals surface area contributed by atoms with Gasteiger partial charge >= 0.3 is 0 Å². The van der Waals surface area contributed by atoms with Crippen molar-refractivity contribution in [3.8, 4) is 22.8 Å². The molecule has 5 aromatic rings. The third kappa shape index (κ3) is 3.48. The van der Waals surface area contributed by atoms with Crippen molar-refractivity contribution >= 4 is 43.4 Å². The lowest BCUT2D eigenvalue weighted by molar-refractivity contribution is -0.116. The molecule has 4 heterocycles. The van der Waals surface area contributed by atoms with Crippen LogP contribution in [0.4, 0.5) is 5.69 Å². The number of benzene rings is 2. The minimum Gasteiger partial charge on any atom is -0.454 e. The van der Waals surface area contributed by atoms with Crippen molar-refractivity contribution in [3.05, 3.63) is 77.3 Å². The molecule has 8 nitrogen and oxygen atoms in total. The standard InChI is InChI=1S/C24H16N4O4S/c29-20(26-15-6-9-18-19(10-15)32-13-31-18)11-28-12-25-21-16-7-8-17(14-4-2-1-3-5-14)27-23(16)33-22(21)24(28)30/h1-10,12H,11,13H2,(H,26,29). The Morgan fingerprint density at radius 3 is 2.79 bits per heavy atom. The van der Waals surface area contributed by atoms with Gasteiger partial charge < -0.3 is 14.8 Å². The molecule has 0 radical (unpaired) electrons. The number of nitrogens with one attached hydrogen (secondary N) is 1. The zero-order chi connectivity index (χ0) is 22.4. The van der Waals surface area contributed by atoms with Crippen LogP contribution in [0.2, 0.25) is 0 Å². The van der Waals surface area contributed by atoms with Crippen LogP contribution in [0, 0.1) is 0 Å². The lowest BCUT2D eigenvalue weighted by Gasteiger charge is -2.08. The number of anilines is 1. The monoisotopic (exact) mass is 456 g/mol. The van der Waals surface area contributed by atoms with Crippen molar-refractivity contribution in [2.75, 3.05) is 12.1 Å². The molecule has 6 rings (SSSR count). The van der Waals surface area contributed by atoms with Crippen molar-refractivity contribution < 1.29 is 14.3 Å². The lowest BCUT2D eigenvalue weighted by atomic mass is 10.1. The van der Waals surface area contributed by atoms with E-state index in [4.69, 9.17) is 14.5 Å². The summed E-state index contributed by atoms with van der Waals surface area (Å²) in [6, 6.07) is 18.9. The number of thiophene rings is 1. The molecule has 9 heteroatoms.